The van der Waals surface area contributed by atoms with Crippen LogP contribution in [0.5, 0.6) is 11.5 Å². The van der Waals surface area contributed by atoms with Crippen LogP contribution in [0.1, 0.15) is 31.7 Å². The van der Waals surface area contributed by atoms with E-state index in [0.717, 1.165) is 11.3 Å². The van der Waals surface area contributed by atoms with Crippen molar-refractivity contribution >= 4 is 34.6 Å². The highest BCUT2D eigenvalue weighted by Crippen LogP contribution is 2.42. The largest absolute Gasteiger partial charge is 0.493 e. The molecule has 2 aromatic carbocycles. The van der Waals surface area contributed by atoms with Crippen molar-refractivity contribution in [2.24, 2.45) is 4.99 Å². The molecule has 2 amide bonds. The number of carbonyl (C=O) groups excluding carboxylic acids is 2. The molecule has 0 aromatic heterocycles. The summed E-state index contributed by atoms with van der Waals surface area (Å²) >= 11 is 0. The van der Waals surface area contributed by atoms with E-state index >= 15 is 0 Å². The van der Waals surface area contributed by atoms with Gasteiger partial charge in [0.2, 0.25) is 11.8 Å². The normalized spacial score (nSPS) is 15.6. The summed E-state index contributed by atoms with van der Waals surface area (Å²) < 4.78 is 10.7. The van der Waals surface area contributed by atoms with Crippen molar-refractivity contribution in [3.63, 3.8) is 0 Å². The number of benzene rings is 2. The molecule has 1 aliphatic rings. The van der Waals surface area contributed by atoms with Gasteiger partial charge in [-0.2, -0.15) is 0 Å². The summed E-state index contributed by atoms with van der Waals surface area (Å²) in [5, 5.41) is 5.62. The summed E-state index contributed by atoms with van der Waals surface area (Å²) in [5.74, 6) is 0.383. The van der Waals surface area contributed by atoms with Crippen LogP contribution in [-0.2, 0) is 9.59 Å². The first-order chi connectivity index (χ1) is 13.5. The number of amides is 2. The molecule has 1 unspecified atom stereocenters. The zero-order valence-corrected chi connectivity index (χ0v) is 16.3. The van der Waals surface area contributed by atoms with Crippen LogP contribution in [0.2, 0.25) is 0 Å². The Morgan fingerprint density at radius 2 is 1.79 bits per heavy atom. The highest BCUT2D eigenvalue weighted by atomic mass is 16.5. The molecule has 1 aliphatic heterocycles. The molecule has 0 saturated carbocycles. The number of carbonyl (C=O) groups is 2. The number of hydrogen-bond donors (Lipinski definition) is 2. The fourth-order valence-electron chi connectivity index (χ4n) is 3.25. The minimum atomic E-state index is -0.491. The van der Waals surface area contributed by atoms with Crippen molar-refractivity contribution in [2.45, 2.75) is 26.2 Å². The highest BCUT2D eigenvalue weighted by molar-refractivity contribution is 6.19. The van der Waals surface area contributed by atoms with E-state index in [9.17, 15) is 9.59 Å². The lowest BCUT2D eigenvalue weighted by Crippen LogP contribution is -2.20. The maximum atomic E-state index is 12.7. The summed E-state index contributed by atoms with van der Waals surface area (Å²) in [5.41, 5.74) is 3.68. The predicted octanol–water partition coefficient (Wildman–Crippen LogP) is 3.88. The van der Waals surface area contributed by atoms with Gasteiger partial charge < -0.3 is 20.1 Å². The van der Waals surface area contributed by atoms with Gasteiger partial charge in [-0.1, -0.05) is 6.92 Å². The molecule has 0 bridgehead atoms. The van der Waals surface area contributed by atoms with E-state index in [4.69, 9.17) is 14.5 Å². The number of rotatable bonds is 6. The average molecular weight is 381 g/mol. The van der Waals surface area contributed by atoms with Gasteiger partial charge >= 0.3 is 0 Å². The third-order valence-corrected chi connectivity index (χ3v) is 4.54. The lowest BCUT2D eigenvalue weighted by Gasteiger charge is -2.14. The van der Waals surface area contributed by atoms with Crippen LogP contribution in [0.3, 0.4) is 0 Å². The average Bonchev–Trinajstić information content (AvgIpc) is 3.00. The van der Waals surface area contributed by atoms with Gasteiger partial charge in [0.25, 0.3) is 0 Å². The Kier molecular flexibility index (Phi) is 5.63. The van der Waals surface area contributed by atoms with Crippen LogP contribution >= 0.6 is 0 Å². The van der Waals surface area contributed by atoms with Crippen LogP contribution in [0, 0.1) is 0 Å². The topological polar surface area (TPSA) is 89.0 Å². The van der Waals surface area contributed by atoms with E-state index < -0.39 is 5.92 Å². The van der Waals surface area contributed by atoms with Crippen molar-refractivity contribution in [1.82, 2.24) is 0 Å². The maximum Gasteiger partial charge on any atom is 0.237 e. The number of nitrogens with one attached hydrogen (secondary N) is 2. The zero-order valence-electron chi connectivity index (χ0n) is 16.3. The van der Waals surface area contributed by atoms with Gasteiger partial charge in [-0.3, -0.25) is 14.6 Å². The van der Waals surface area contributed by atoms with Crippen LogP contribution < -0.4 is 20.1 Å². The van der Waals surface area contributed by atoms with Gasteiger partial charge in [-0.25, -0.2) is 0 Å². The second-order valence-electron chi connectivity index (χ2n) is 6.40. The Morgan fingerprint density at radius 1 is 1.14 bits per heavy atom. The summed E-state index contributed by atoms with van der Waals surface area (Å²) in [7, 11) is 3.12. The van der Waals surface area contributed by atoms with E-state index in [-0.39, 0.29) is 11.8 Å². The molecule has 2 N–H and O–H groups in total. The van der Waals surface area contributed by atoms with Gasteiger partial charge in [0, 0.05) is 30.1 Å². The van der Waals surface area contributed by atoms with Crippen LogP contribution in [0.15, 0.2) is 41.4 Å². The van der Waals surface area contributed by atoms with Gasteiger partial charge in [0.15, 0.2) is 11.5 Å². The molecule has 0 spiro atoms. The van der Waals surface area contributed by atoms with Crippen molar-refractivity contribution in [3.8, 4) is 11.5 Å². The second-order valence-corrected chi connectivity index (χ2v) is 6.40. The van der Waals surface area contributed by atoms with Gasteiger partial charge in [0.1, 0.15) is 5.92 Å². The molecule has 7 nitrogen and oxygen atoms in total. The molecule has 3 rings (SSSR count). The Balaban J connectivity index is 1.96. The van der Waals surface area contributed by atoms with Crippen LogP contribution in [0.4, 0.5) is 17.1 Å². The minimum absolute atomic E-state index is 0.124. The lowest BCUT2D eigenvalue weighted by atomic mass is 9.93. The lowest BCUT2D eigenvalue weighted by molar-refractivity contribution is -0.116. The molecule has 0 radical (unpaired) electrons. The molecule has 7 heteroatoms. The number of ether oxygens (including phenoxy) is 2. The van der Waals surface area contributed by atoms with Crippen molar-refractivity contribution in [1.29, 1.82) is 0 Å². The van der Waals surface area contributed by atoms with Gasteiger partial charge in [-0.15, -0.1) is 0 Å². The smallest absolute Gasteiger partial charge is 0.237 e. The summed E-state index contributed by atoms with van der Waals surface area (Å²) in [6, 6.07) is 10.8. The third kappa shape index (κ3) is 3.83. The number of fused-ring (bicyclic) bond motifs is 1. The standard InChI is InChI=1S/C21H23N3O4/c1-5-16(23-14-8-6-13(7-9-14)22-12(2)25)20-15-10-18(27-3)19(28-4)11-17(15)24-21(20)26/h6-11,20H,5H2,1-4H3,(H,22,25)(H,24,26). The molecule has 0 fully saturated rings. The summed E-state index contributed by atoms with van der Waals surface area (Å²) in [6.07, 6.45) is 0.610. The van der Waals surface area contributed by atoms with E-state index in [1.54, 1.807) is 32.4 Å². The quantitative estimate of drug-likeness (QED) is 0.743. The number of methoxy groups -OCH3 is 2. The van der Waals surface area contributed by atoms with Crippen molar-refractivity contribution in [2.75, 3.05) is 24.9 Å². The molecule has 0 aliphatic carbocycles. The molecule has 0 saturated heterocycles. The maximum absolute atomic E-state index is 12.7. The minimum Gasteiger partial charge on any atom is -0.493 e. The van der Waals surface area contributed by atoms with Crippen LogP contribution in [-0.4, -0.2) is 31.7 Å². The Morgan fingerprint density at radius 3 is 2.36 bits per heavy atom. The van der Waals surface area contributed by atoms with Crippen LogP contribution in [0.25, 0.3) is 0 Å². The number of nitrogens with zero attached hydrogens (tertiary/aromatic N) is 1. The monoisotopic (exact) mass is 381 g/mol. The Bertz CT molecular complexity index is 935. The number of aliphatic imine (C=N–C) groups is 1. The van der Waals surface area contributed by atoms with E-state index in [2.05, 4.69) is 10.6 Å². The Hall–Kier alpha value is -3.35. The first kappa shape index (κ1) is 19.4. The van der Waals surface area contributed by atoms with E-state index in [1.807, 2.05) is 25.1 Å². The summed E-state index contributed by atoms with van der Waals surface area (Å²) in [4.78, 5) is 28.5. The molecule has 2 aromatic rings. The number of anilines is 2. The van der Waals surface area contributed by atoms with Gasteiger partial charge in [-0.05, 0) is 42.3 Å². The Labute approximate surface area is 163 Å². The third-order valence-electron chi connectivity index (χ3n) is 4.54. The first-order valence-electron chi connectivity index (χ1n) is 8.98. The molecule has 146 valence electrons. The first-order valence-corrected chi connectivity index (χ1v) is 8.98. The molecular formula is C21H23N3O4. The highest BCUT2D eigenvalue weighted by Gasteiger charge is 2.35. The molecule has 1 atom stereocenters. The fraction of sp³-hybridized carbons (Fsp3) is 0.286. The SMILES string of the molecule is CCC(=Nc1ccc(NC(C)=O)cc1)C1C(=O)Nc2cc(OC)c(OC)cc21. The predicted molar refractivity (Wildman–Crippen MR) is 109 cm³/mol. The molecule has 28 heavy (non-hydrogen) atoms. The van der Waals surface area contributed by atoms with E-state index in [1.165, 1.54) is 6.92 Å². The second kappa shape index (κ2) is 8.12. The van der Waals surface area contributed by atoms with E-state index in [0.29, 0.717) is 35.0 Å². The summed E-state index contributed by atoms with van der Waals surface area (Å²) in [6.45, 7) is 3.43. The molecule has 1 heterocycles. The van der Waals surface area contributed by atoms with Crippen molar-refractivity contribution < 1.29 is 19.1 Å². The fourth-order valence-corrected chi connectivity index (χ4v) is 3.25. The zero-order chi connectivity index (χ0) is 20.3. The molecular weight excluding hydrogens is 358 g/mol. The van der Waals surface area contributed by atoms with Gasteiger partial charge in [0.05, 0.1) is 19.9 Å². The van der Waals surface area contributed by atoms with Crippen molar-refractivity contribution in [3.05, 3.63) is 42.0 Å². The number of hydrogen-bond acceptors (Lipinski definition) is 5.